The first-order valence-corrected chi connectivity index (χ1v) is 7.10. The summed E-state index contributed by atoms with van der Waals surface area (Å²) >= 11 is 0. The Labute approximate surface area is 95.9 Å². The maximum absolute atomic E-state index is 11.3. The first kappa shape index (κ1) is 13.2. The lowest BCUT2D eigenvalue weighted by Gasteiger charge is -2.16. The number of allylic oxidation sites excluding steroid dienone is 1. The Hall–Kier alpha value is -0.880. The van der Waals surface area contributed by atoms with Gasteiger partial charge in [-0.25, -0.2) is 17.9 Å². The number of sulfonamides is 1. The molecule has 0 aliphatic heterocycles. The first-order chi connectivity index (χ1) is 7.37. The smallest absolute Gasteiger partial charge is 0.331 e. The van der Waals surface area contributed by atoms with Gasteiger partial charge >= 0.3 is 5.97 Å². The molecule has 1 aliphatic rings. The molecule has 0 amide bonds. The maximum Gasteiger partial charge on any atom is 0.331 e. The first-order valence-electron chi connectivity index (χ1n) is 5.21. The van der Waals surface area contributed by atoms with E-state index in [9.17, 15) is 13.2 Å². The van der Waals surface area contributed by atoms with Gasteiger partial charge in [0, 0.05) is 12.6 Å². The summed E-state index contributed by atoms with van der Waals surface area (Å²) in [5.74, 6) is -0.391. The summed E-state index contributed by atoms with van der Waals surface area (Å²) in [5.41, 5.74) is 1.10. The number of esters is 1. The molecule has 0 bridgehead atoms. The average molecular weight is 247 g/mol. The lowest BCUT2D eigenvalue weighted by atomic mass is 9.92. The van der Waals surface area contributed by atoms with Crippen molar-refractivity contribution in [2.24, 2.45) is 0 Å². The van der Waals surface area contributed by atoms with E-state index in [1.165, 1.54) is 6.08 Å². The Balaban J connectivity index is 2.28. The van der Waals surface area contributed by atoms with Crippen molar-refractivity contribution < 1.29 is 17.9 Å². The Bertz CT molecular complexity index is 380. The second-order valence-electron chi connectivity index (χ2n) is 4.02. The molecule has 1 aliphatic carbocycles. The van der Waals surface area contributed by atoms with E-state index in [1.807, 2.05) is 0 Å². The summed E-state index contributed by atoms with van der Waals surface area (Å²) in [5, 5.41) is 0. The molecule has 1 atom stereocenters. The fourth-order valence-electron chi connectivity index (χ4n) is 1.23. The van der Waals surface area contributed by atoms with Crippen molar-refractivity contribution in [3.05, 3.63) is 11.6 Å². The third-order valence-corrected chi connectivity index (χ3v) is 2.96. The van der Waals surface area contributed by atoms with Crippen LogP contribution in [0.5, 0.6) is 0 Å². The van der Waals surface area contributed by atoms with Gasteiger partial charge < -0.3 is 4.74 Å². The highest BCUT2D eigenvalue weighted by molar-refractivity contribution is 7.88. The fraction of sp³-hybridized carbons (Fsp3) is 0.700. The molecule has 1 fully saturated rings. The van der Waals surface area contributed by atoms with E-state index in [4.69, 9.17) is 4.74 Å². The van der Waals surface area contributed by atoms with Crippen molar-refractivity contribution in [1.29, 1.82) is 0 Å². The van der Waals surface area contributed by atoms with Gasteiger partial charge in [0.25, 0.3) is 0 Å². The van der Waals surface area contributed by atoms with Crippen LogP contribution in [-0.2, 0) is 19.6 Å². The van der Waals surface area contributed by atoms with Gasteiger partial charge in [0.1, 0.15) is 6.10 Å². The highest BCUT2D eigenvalue weighted by atomic mass is 32.2. The molecule has 5 nitrogen and oxygen atoms in total. The largest absolute Gasteiger partial charge is 0.458 e. The number of ether oxygens (including phenoxy) is 1. The van der Waals surface area contributed by atoms with Crippen LogP contribution in [0.25, 0.3) is 0 Å². The molecule has 0 unspecified atom stereocenters. The van der Waals surface area contributed by atoms with Crippen LogP contribution < -0.4 is 4.72 Å². The van der Waals surface area contributed by atoms with Crippen molar-refractivity contribution >= 4 is 16.0 Å². The predicted molar refractivity (Wildman–Crippen MR) is 60.3 cm³/mol. The Morgan fingerprint density at radius 3 is 2.62 bits per heavy atom. The second kappa shape index (κ2) is 5.45. The third-order valence-electron chi connectivity index (χ3n) is 2.27. The van der Waals surface area contributed by atoms with Crippen LogP contribution in [0.1, 0.15) is 26.2 Å². The quantitative estimate of drug-likeness (QED) is 0.569. The van der Waals surface area contributed by atoms with Crippen LogP contribution in [0.3, 0.4) is 0 Å². The monoisotopic (exact) mass is 247 g/mol. The van der Waals surface area contributed by atoms with Gasteiger partial charge in [0.05, 0.1) is 6.26 Å². The lowest BCUT2D eigenvalue weighted by molar-refractivity contribution is -0.141. The van der Waals surface area contributed by atoms with Crippen LogP contribution in [0.15, 0.2) is 11.6 Å². The number of nitrogens with one attached hydrogen (secondary N) is 1. The zero-order valence-electron chi connectivity index (χ0n) is 9.52. The number of rotatable bonds is 5. The SMILES string of the molecule is C[C@@H](CNS(C)(=O)=O)OC(=O)C=C1CCC1. The van der Waals surface area contributed by atoms with Gasteiger partial charge in [0.2, 0.25) is 10.0 Å². The second-order valence-corrected chi connectivity index (χ2v) is 5.86. The minimum absolute atomic E-state index is 0.105. The van der Waals surface area contributed by atoms with Crippen LogP contribution in [0.4, 0.5) is 0 Å². The molecule has 0 aromatic carbocycles. The summed E-state index contributed by atoms with van der Waals surface area (Å²) < 4.78 is 28.9. The molecule has 1 saturated carbocycles. The molecule has 16 heavy (non-hydrogen) atoms. The van der Waals surface area contributed by atoms with Crippen LogP contribution in [0.2, 0.25) is 0 Å². The molecule has 0 radical (unpaired) electrons. The van der Waals surface area contributed by atoms with E-state index in [0.717, 1.165) is 31.1 Å². The van der Waals surface area contributed by atoms with Gasteiger partial charge in [-0.15, -0.1) is 0 Å². The Kier molecular flexibility index (Phi) is 4.49. The number of carbonyl (C=O) groups is 1. The molecule has 1 N–H and O–H groups in total. The summed E-state index contributed by atoms with van der Waals surface area (Å²) in [7, 11) is -3.23. The molecule has 1 rings (SSSR count). The van der Waals surface area contributed by atoms with Crippen LogP contribution in [-0.4, -0.2) is 33.3 Å². The van der Waals surface area contributed by atoms with E-state index in [2.05, 4.69) is 4.72 Å². The van der Waals surface area contributed by atoms with E-state index in [-0.39, 0.29) is 6.54 Å². The highest BCUT2D eigenvalue weighted by Crippen LogP contribution is 2.24. The minimum atomic E-state index is -3.23. The van der Waals surface area contributed by atoms with E-state index < -0.39 is 22.1 Å². The van der Waals surface area contributed by atoms with Gasteiger partial charge in [0.15, 0.2) is 0 Å². The molecule has 6 heteroatoms. The molecular formula is C10H17NO4S. The van der Waals surface area contributed by atoms with Gasteiger partial charge in [-0.05, 0) is 26.2 Å². The molecule has 0 heterocycles. The minimum Gasteiger partial charge on any atom is -0.458 e. The zero-order chi connectivity index (χ0) is 12.2. The zero-order valence-corrected chi connectivity index (χ0v) is 10.3. The molecule has 0 aromatic rings. The van der Waals surface area contributed by atoms with E-state index >= 15 is 0 Å². The van der Waals surface area contributed by atoms with E-state index in [0.29, 0.717) is 0 Å². The van der Waals surface area contributed by atoms with Crippen molar-refractivity contribution in [2.45, 2.75) is 32.3 Å². The van der Waals surface area contributed by atoms with Crippen molar-refractivity contribution in [1.82, 2.24) is 4.72 Å². The maximum atomic E-state index is 11.3. The average Bonchev–Trinajstić information content (AvgIpc) is 2.07. The fourth-order valence-corrected chi connectivity index (χ4v) is 1.77. The predicted octanol–water partition coefficient (Wildman–Crippen LogP) is 0.578. The molecule has 0 aromatic heterocycles. The summed E-state index contributed by atoms with van der Waals surface area (Å²) in [6, 6.07) is 0. The van der Waals surface area contributed by atoms with Gasteiger partial charge in [-0.1, -0.05) is 5.57 Å². The molecule has 0 saturated heterocycles. The van der Waals surface area contributed by atoms with Gasteiger partial charge in [-0.2, -0.15) is 0 Å². The normalized spacial score (nSPS) is 17.5. The Morgan fingerprint density at radius 2 is 2.19 bits per heavy atom. The number of carbonyl (C=O) groups excluding carboxylic acids is 1. The molecule has 0 spiro atoms. The van der Waals surface area contributed by atoms with Gasteiger partial charge in [-0.3, -0.25) is 0 Å². The van der Waals surface area contributed by atoms with Crippen LogP contribution >= 0.6 is 0 Å². The highest BCUT2D eigenvalue weighted by Gasteiger charge is 2.13. The lowest BCUT2D eigenvalue weighted by Crippen LogP contribution is -2.32. The standard InChI is InChI=1S/C10H17NO4S/c1-8(7-11-16(2,13)14)15-10(12)6-9-4-3-5-9/h6,8,11H,3-5,7H2,1-2H3/t8-/m0/s1. The summed E-state index contributed by atoms with van der Waals surface area (Å²) in [6.07, 6.45) is 5.16. The number of hydrogen-bond acceptors (Lipinski definition) is 4. The third kappa shape index (κ3) is 5.27. The summed E-state index contributed by atoms with van der Waals surface area (Å²) in [6.45, 7) is 1.75. The van der Waals surface area contributed by atoms with E-state index in [1.54, 1.807) is 6.92 Å². The number of hydrogen-bond donors (Lipinski definition) is 1. The Morgan fingerprint density at radius 1 is 1.56 bits per heavy atom. The summed E-state index contributed by atoms with van der Waals surface area (Å²) in [4.78, 5) is 11.3. The van der Waals surface area contributed by atoms with Crippen molar-refractivity contribution in [3.8, 4) is 0 Å². The van der Waals surface area contributed by atoms with Crippen molar-refractivity contribution in [2.75, 3.05) is 12.8 Å². The molecular weight excluding hydrogens is 230 g/mol. The molecule has 92 valence electrons. The topological polar surface area (TPSA) is 72.5 Å². The van der Waals surface area contributed by atoms with Crippen LogP contribution in [0, 0.1) is 0 Å². The van der Waals surface area contributed by atoms with Crippen molar-refractivity contribution in [3.63, 3.8) is 0 Å².